The Kier molecular flexibility index (Phi) is 4.59. The fraction of sp³-hybridized carbons (Fsp3) is 1.00. The molecule has 0 bridgehead atoms. The van der Waals surface area contributed by atoms with Crippen LogP contribution in [0.25, 0.3) is 0 Å². The number of halogens is 2. The summed E-state index contributed by atoms with van der Waals surface area (Å²) in [5.41, 5.74) is 5.85. The molecule has 0 aromatic heterocycles. The third-order valence-electron chi connectivity index (χ3n) is 4.71. The molecule has 0 radical (unpaired) electrons. The van der Waals surface area contributed by atoms with Gasteiger partial charge in [-0.15, -0.1) is 0 Å². The normalized spacial score (nSPS) is 37.7. The van der Waals surface area contributed by atoms with Gasteiger partial charge in [-0.1, -0.05) is 6.92 Å². The zero-order chi connectivity index (χ0) is 13.2. The third kappa shape index (κ3) is 3.41. The molecule has 0 spiro atoms. The summed E-state index contributed by atoms with van der Waals surface area (Å²) in [6.45, 7) is 4.75. The van der Waals surface area contributed by atoms with Gasteiger partial charge in [0.05, 0.1) is 0 Å². The molecule has 1 aliphatic carbocycles. The molecule has 106 valence electrons. The highest BCUT2D eigenvalue weighted by Gasteiger charge is 2.38. The highest BCUT2D eigenvalue weighted by atomic mass is 19.3. The number of likely N-dealkylation sites (tertiary alicyclic amines) is 1. The van der Waals surface area contributed by atoms with Crippen molar-refractivity contribution >= 4 is 0 Å². The van der Waals surface area contributed by atoms with Crippen LogP contribution < -0.4 is 5.73 Å². The van der Waals surface area contributed by atoms with Crippen LogP contribution in [0.1, 0.15) is 45.4 Å². The second kappa shape index (κ2) is 5.83. The van der Waals surface area contributed by atoms with E-state index in [9.17, 15) is 8.78 Å². The van der Waals surface area contributed by atoms with E-state index in [0.29, 0.717) is 24.9 Å². The Hall–Kier alpha value is -0.220. The Morgan fingerprint density at radius 3 is 2.72 bits per heavy atom. The highest BCUT2D eigenvalue weighted by molar-refractivity contribution is 4.86. The number of nitrogens with zero attached hydrogens (tertiary/aromatic N) is 1. The van der Waals surface area contributed by atoms with E-state index in [1.807, 2.05) is 0 Å². The zero-order valence-electron chi connectivity index (χ0n) is 11.4. The van der Waals surface area contributed by atoms with E-state index < -0.39 is 5.92 Å². The van der Waals surface area contributed by atoms with Gasteiger partial charge in [0.2, 0.25) is 5.92 Å². The van der Waals surface area contributed by atoms with Crippen LogP contribution in [-0.2, 0) is 0 Å². The van der Waals surface area contributed by atoms with E-state index in [1.54, 1.807) is 0 Å². The minimum absolute atomic E-state index is 0.0785. The molecule has 1 heterocycles. The molecule has 2 rings (SSSR count). The van der Waals surface area contributed by atoms with Crippen LogP contribution in [0.5, 0.6) is 0 Å². The molecule has 2 nitrogen and oxygen atoms in total. The van der Waals surface area contributed by atoms with Gasteiger partial charge in [0, 0.05) is 32.0 Å². The van der Waals surface area contributed by atoms with Gasteiger partial charge in [-0.25, -0.2) is 8.78 Å². The average Bonchev–Trinajstić information content (AvgIpc) is 2.28. The monoisotopic (exact) mass is 260 g/mol. The summed E-state index contributed by atoms with van der Waals surface area (Å²) >= 11 is 0. The Morgan fingerprint density at radius 1 is 1.28 bits per heavy atom. The van der Waals surface area contributed by atoms with E-state index in [-0.39, 0.29) is 18.8 Å². The second-order valence-electron chi connectivity index (χ2n) is 6.24. The molecular formula is C14H26F2N2. The van der Waals surface area contributed by atoms with Crippen molar-refractivity contribution in [2.45, 2.75) is 57.4 Å². The highest BCUT2D eigenvalue weighted by Crippen LogP contribution is 2.37. The fourth-order valence-electron chi connectivity index (χ4n) is 3.71. The summed E-state index contributed by atoms with van der Waals surface area (Å²) in [6, 6.07) is 0.397. The van der Waals surface area contributed by atoms with Crippen molar-refractivity contribution in [3.63, 3.8) is 0 Å². The van der Waals surface area contributed by atoms with Crippen molar-refractivity contribution in [1.82, 2.24) is 4.90 Å². The standard InChI is InChI=1S/C14H26F2N2/c1-11-4-3-7-18(13(11)9-17)10-12-5-2-6-14(15,16)8-12/h11-13H,2-10,17H2,1H3. The molecule has 1 saturated heterocycles. The molecule has 3 unspecified atom stereocenters. The molecule has 2 aliphatic rings. The van der Waals surface area contributed by atoms with Gasteiger partial charge < -0.3 is 5.73 Å². The van der Waals surface area contributed by atoms with Crippen molar-refractivity contribution in [2.24, 2.45) is 17.6 Å². The first-order chi connectivity index (χ1) is 8.52. The van der Waals surface area contributed by atoms with Crippen LogP contribution in [0.15, 0.2) is 0 Å². The Morgan fingerprint density at radius 2 is 2.06 bits per heavy atom. The summed E-state index contributed by atoms with van der Waals surface area (Å²) in [5, 5.41) is 0. The van der Waals surface area contributed by atoms with Crippen molar-refractivity contribution in [2.75, 3.05) is 19.6 Å². The lowest BCUT2D eigenvalue weighted by molar-refractivity contribution is -0.0610. The van der Waals surface area contributed by atoms with E-state index in [1.165, 1.54) is 12.8 Å². The van der Waals surface area contributed by atoms with Gasteiger partial charge in [-0.3, -0.25) is 4.90 Å². The Balaban J connectivity index is 1.91. The smallest absolute Gasteiger partial charge is 0.248 e. The van der Waals surface area contributed by atoms with Crippen molar-refractivity contribution < 1.29 is 8.78 Å². The van der Waals surface area contributed by atoms with E-state index >= 15 is 0 Å². The lowest BCUT2D eigenvalue weighted by atomic mass is 9.84. The summed E-state index contributed by atoms with van der Waals surface area (Å²) in [7, 11) is 0. The Labute approximate surface area is 109 Å². The average molecular weight is 260 g/mol. The molecule has 18 heavy (non-hydrogen) atoms. The van der Waals surface area contributed by atoms with Crippen LogP contribution in [0.4, 0.5) is 8.78 Å². The number of alkyl halides is 2. The van der Waals surface area contributed by atoms with Gasteiger partial charge in [-0.2, -0.15) is 0 Å². The van der Waals surface area contributed by atoms with Gasteiger partial charge in [-0.05, 0) is 44.1 Å². The van der Waals surface area contributed by atoms with E-state index in [0.717, 1.165) is 19.5 Å². The molecule has 2 N–H and O–H groups in total. The molecule has 0 aromatic carbocycles. The first kappa shape index (κ1) is 14.2. The van der Waals surface area contributed by atoms with Crippen molar-refractivity contribution in [3.05, 3.63) is 0 Å². The van der Waals surface area contributed by atoms with Gasteiger partial charge in [0.15, 0.2) is 0 Å². The third-order valence-corrected chi connectivity index (χ3v) is 4.71. The van der Waals surface area contributed by atoms with Crippen LogP contribution in [-0.4, -0.2) is 36.5 Å². The van der Waals surface area contributed by atoms with Crippen LogP contribution >= 0.6 is 0 Å². The second-order valence-corrected chi connectivity index (χ2v) is 6.24. The minimum atomic E-state index is -2.43. The van der Waals surface area contributed by atoms with Crippen LogP contribution in [0.3, 0.4) is 0 Å². The SMILES string of the molecule is CC1CCCN(CC2CCCC(F)(F)C2)C1CN. The summed E-state index contributed by atoms with van der Waals surface area (Å²) < 4.78 is 26.8. The lowest BCUT2D eigenvalue weighted by Crippen LogP contribution is -2.50. The molecular weight excluding hydrogens is 234 g/mol. The van der Waals surface area contributed by atoms with Crippen LogP contribution in [0.2, 0.25) is 0 Å². The number of hydrogen-bond acceptors (Lipinski definition) is 2. The molecule has 1 aliphatic heterocycles. The minimum Gasteiger partial charge on any atom is -0.329 e. The maximum atomic E-state index is 13.4. The predicted octanol–water partition coefficient (Wildman–Crippen LogP) is 2.87. The summed E-state index contributed by atoms with van der Waals surface area (Å²) in [4.78, 5) is 2.38. The molecule has 1 saturated carbocycles. The lowest BCUT2D eigenvalue weighted by Gasteiger charge is -2.42. The van der Waals surface area contributed by atoms with Gasteiger partial charge >= 0.3 is 0 Å². The predicted molar refractivity (Wildman–Crippen MR) is 69.7 cm³/mol. The topological polar surface area (TPSA) is 29.3 Å². The number of piperidine rings is 1. The maximum Gasteiger partial charge on any atom is 0.248 e. The quantitative estimate of drug-likeness (QED) is 0.845. The molecule has 4 heteroatoms. The zero-order valence-corrected chi connectivity index (χ0v) is 11.4. The molecule has 0 aromatic rings. The van der Waals surface area contributed by atoms with Crippen LogP contribution in [0, 0.1) is 11.8 Å². The first-order valence-electron chi connectivity index (χ1n) is 7.34. The molecule has 3 atom stereocenters. The first-order valence-corrected chi connectivity index (χ1v) is 7.34. The number of hydrogen-bond donors (Lipinski definition) is 1. The Bertz CT molecular complexity index is 271. The largest absolute Gasteiger partial charge is 0.329 e. The summed E-state index contributed by atoms with van der Waals surface area (Å²) in [5.74, 6) is -1.66. The maximum absolute atomic E-state index is 13.4. The molecule has 2 fully saturated rings. The van der Waals surface area contributed by atoms with Gasteiger partial charge in [0.1, 0.15) is 0 Å². The van der Waals surface area contributed by atoms with E-state index in [4.69, 9.17) is 5.73 Å². The van der Waals surface area contributed by atoms with Gasteiger partial charge in [0.25, 0.3) is 0 Å². The van der Waals surface area contributed by atoms with Crippen molar-refractivity contribution in [1.29, 1.82) is 0 Å². The van der Waals surface area contributed by atoms with E-state index in [2.05, 4.69) is 11.8 Å². The molecule has 0 amide bonds. The van der Waals surface area contributed by atoms with Crippen molar-refractivity contribution in [3.8, 4) is 0 Å². The number of rotatable bonds is 3. The number of nitrogens with two attached hydrogens (primary N) is 1. The summed E-state index contributed by atoms with van der Waals surface area (Å²) in [6.07, 6.45) is 4.20. The fourth-order valence-corrected chi connectivity index (χ4v) is 3.71.